The van der Waals surface area contributed by atoms with Crippen LogP contribution in [0.4, 0.5) is 5.88 Å². The molecule has 5 heteroatoms. The minimum Gasteiger partial charge on any atom is -0.476 e. The molecule has 0 atom stereocenters. The largest absolute Gasteiger partial charge is 0.476 e. The summed E-state index contributed by atoms with van der Waals surface area (Å²) in [4.78, 5) is 17.5. The van der Waals surface area contributed by atoms with Crippen molar-refractivity contribution in [3.63, 3.8) is 0 Å². The molecule has 2 heterocycles. The van der Waals surface area contributed by atoms with Crippen molar-refractivity contribution in [3.8, 4) is 11.5 Å². The molecule has 1 fully saturated rings. The molecule has 3 rings (SSSR count). The van der Waals surface area contributed by atoms with Gasteiger partial charge in [-0.05, 0) is 24.0 Å². The summed E-state index contributed by atoms with van der Waals surface area (Å²) in [6, 6.07) is 7.83. The van der Waals surface area contributed by atoms with Crippen LogP contribution in [-0.2, 0) is 0 Å². The summed E-state index contributed by atoms with van der Waals surface area (Å²) in [6.45, 7) is 5.83. The van der Waals surface area contributed by atoms with Gasteiger partial charge < -0.3 is 14.4 Å². The third-order valence-electron chi connectivity index (χ3n) is 3.77. The fraction of sp³-hybridized carbons (Fsp3) is 0.375. The van der Waals surface area contributed by atoms with Crippen molar-refractivity contribution in [1.82, 2.24) is 4.98 Å². The second-order valence-corrected chi connectivity index (χ2v) is 5.56. The number of oxazole rings is 1. The molecule has 0 radical (unpaired) electrons. The van der Waals surface area contributed by atoms with Crippen molar-refractivity contribution in [1.29, 1.82) is 0 Å². The Kier molecular flexibility index (Phi) is 3.41. The van der Waals surface area contributed by atoms with E-state index in [1.54, 1.807) is 0 Å². The van der Waals surface area contributed by atoms with Crippen LogP contribution in [0.15, 0.2) is 28.7 Å². The standard InChI is InChI=1S/C16H18N2O3/c1-10(2)11-6-3-4-7-12(11)14-17-13(16(19)20)15(21-14)18-8-5-9-18/h3-4,6-7,10H,5,8-9H2,1-2H3,(H,19,20). The SMILES string of the molecule is CC(C)c1ccccc1-c1nc(C(=O)O)c(N2CCC2)o1. The molecule has 2 aromatic rings. The predicted octanol–water partition coefficient (Wildman–Crippen LogP) is 3.37. The lowest BCUT2D eigenvalue weighted by Gasteiger charge is -2.30. The van der Waals surface area contributed by atoms with E-state index in [-0.39, 0.29) is 5.69 Å². The Morgan fingerprint density at radius 2 is 2.05 bits per heavy atom. The number of hydrogen-bond donors (Lipinski definition) is 1. The van der Waals surface area contributed by atoms with E-state index in [0.29, 0.717) is 17.7 Å². The van der Waals surface area contributed by atoms with Gasteiger partial charge >= 0.3 is 5.97 Å². The van der Waals surface area contributed by atoms with Crippen LogP contribution in [0, 0.1) is 0 Å². The Hall–Kier alpha value is -2.30. The molecule has 0 amide bonds. The molecule has 110 valence electrons. The predicted molar refractivity (Wildman–Crippen MR) is 79.8 cm³/mol. The van der Waals surface area contributed by atoms with Crippen LogP contribution in [-0.4, -0.2) is 29.1 Å². The maximum absolute atomic E-state index is 11.4. The average molecular weight is 286 g/mol. The van der Waals surface area contributed by atoms with E-state index < -0.39 is 5.97 Å². The minimum absolute atomic E-state index is 0.00302. The van der Waals surface area contributed by atoms with Crippen LogP contribution in [0.3, 0.4) is 0 Å². The van der Waals surface area contributed by atoms with Gasteiger partial charge in [0.25, 0.3) is 0 Å². The highest BCUT2D eigenvalue weighted by Gasteiger charge is 2.28. The molecule has 1 aromatic heterocycles. The quantitative estimate of drug-likeness (QED) is 0.933. The molecule has 0 bridgehead atoms. The molecular weight excluding hydrogens is 268 g/mol. The van der Waals surface area contributed by atoms with Gasteiger partial charge in [0.1, 0.15) is 0 Å². The van der Waals surface area contributed by atoms with Crippen LogP contribution in [0.2, 0.25) is 0 Å². The number of carboxylic acids is 1. The highest BCUT2D eigenvalue weighted by molar-refractivity contribution is 5.91. The van der Waals surface area contributed by atoms with Crippen LogP contribution >= 0.6 is 0 Å². The maximum atomic E-state index is 11.4. The lowest BCUT2D eigenvalue weighted by molar-refractivity contribution is 0.0691. The average Bonchev–Trinajstić information content (AvgIpc) is 2.81. The summed E-state index contributed by atoms with van der Waals surface area (Å²) in [5.41, 5.74) is 1.97. The molecule has 1 aliphatic rings. The van der Waals surface area contributed by atoms with Gasteiger partial charge in [-0.3, -0.25) is 0 Å². The lowest BCUT2D eigenvalue weighted by Crippen LogP contribution is -2.37. The Bertz CT molecular complexity index is 672. The first-order valence-electron chi connectivity index (χ1n) is 7.16. The highest BCUT2D eigenvalue weighted by atomic mass is 16.4. The third-order valence-corrected chi connectivity index (χ3v) is 3.77. The second-order valence-electron chi connectivity index (χ2n) is 5.56. The second kappa shape index (κ2) is 5.24. The van der Waals surface area contributed by atoms with Crippen molar-refractivity contribution < 1.29 is 14.3 Å². The van der Waals surface area contributed by atoms with Crippen molar-refractivity contribution >= 4 is 11.9 Å². The summed E-state index contributed by atoms with van der Waals surface area (Å²) in [5, 5.41) is 9.32. The number of carboxylic acid groups (broad SMARTS) is 1. The first-order valence-corrected chi connectivity index (χ1v) is 7.16. The van der Waals surface area contributed by atoms with Gasteiger partial charge in [0.2, 0.25) is 17.5 Å². The number of rotatable bonds is 4. The minimum atomic E-state index is -1.05. The maximum Gasteiger partial charge on any atom is 0.360 e. The summed E-state index contributed by atoms with van der Waals surface area (Å²) in [7, 11) is 0. The van der Waals surface area contributed by atoms with Gasteiger partial charge in [-0.15, -0.1) is 0 Å². The van der Waals surface area contributed by atoms with E-state index in [1.165, 1.54) is 0 Å². The number of carbonyl (C=O) groups is 1. The summed E-state index contributed by atoms with van der Waals surface area (Å²) < 4.78 is 5.79. The highest BCUT2D eigenvalue weighted by Crippen LogP contribution is 2.34. The first kappa shape index (κ1) is 13.7. The van der Waals surface area contributed by atoms with Crippen LogP contribution in [0.5, 0.6) is 0 Å². The zero-order valence-corrected chi connectivity index (χ0v) is 12.2. The molecular formula is C16H18N2O3. The number of nitrogens with zero attached hydrogens (tertiary/aromatic N) is 2. The Morgan fingerprint density at radius 3 is 2.62 bits per heavy atom. The van der Waals surface area contributed by atoms with E-state index in [1.807, 2.05) is 29.2 Å². The zero-order valence-electron chi connectivity index (χ0n) is 12.2. The molecule has 0 aliphatic carbocycles. The van der Waals surface area contributed by atoms with E-state index in [4.69, 9.17) is 4.42 Å². The molecule has 5 nitrogen and oxygen atoms in total. The topological polar surface area (TPSA) is 66.6 Å². The van der Waals surface area contributed by atoms with Crippen molar-refractivity contribution in [2.24, 2.45) is 0 Å². The first-order chi connectivity index (χ1) is 10.1. The normalized spacial score (nSPS) is 14.3. The number of anilines is 1. The van der Waals surface area contributed by atoms with Crippen LogP contribution in [0.25, 0.3) is 11.5 Å². The monoisotopic (exact) mass is 286 g/mol. The van der Waals surface area contributed by atoms with E-state index in [9.17, 15) is 9.90 Å². The lowest BCUT2D eigenvalue weighted by atomic mass is 9.97. The fourth-order valence-corrected chi connectivity index (χ4v) is 2.50. The smallest absolute Gasteiger partial charge is 0.360 e. The Balaban J connectivity index is 2.09. The van der Waals surface area contributed by atoms with Crippen molar-refractivity contribution in [3.05, 3.63) is 35.5 Å². The molecule has 1 N–H and O–H groups in total. The number of aromatic carboxylic acids is 1. The molecule has 0 spiro atoms. The van der Waals surface area contributed by atoms with Gasteiger partial charge in [0, 0.05) is 18.7 Å². The summed E-state index contributed by atoms with van der Waals surface area (Å²) in [6.07, 6.45) is 1.05. The van der Waals surface area contributed by atoms with Crippen molar-refractivity contribution in [2.75, 3.05) is 18.0 Å². The van der Waals surface area contributed by atoms with Crippen LogP contribution in [0.1, 0.15) is 42.2 Å². The zero-order chi connectivity index (χ0) is 15.0. The number of aromatic nitrogens is 1. The molecule has 1 saturated heterocycles. The Morgan fingerprint density at radius 1 is 1.33 bits per heavy atom. The van der Waals surface area contributed by atoms with Gasteiger partial charge in [-0.25, -0.2) is 4.79 Å². The van der Waals surface area contributed by atoms with Gasteiger partial charge in [-0.1, -0.05) is 32.0 Å². The molecule has 0 saturated carbocycles. The van der Waals surface area contributed by atoms with Gasteiger partial charge in [0.05, 0.1) is 0 Å². The third kappa shape index (κ3) is 2.39. The van der Waals surface area contributed by atoms with Crippen LogP contribution < -0.4 is 4.90 Å². The summed E-state index contributed by atoms with van der Waals surface area (Å²) >= 11 is 0. The van der Waals surface area contributed by atoms with Gasteiger partial charge in [0.15, 0.2) is 0 Å². The van der Waals surface area contributed by atoms with E-state index in [2.05, 4.69) is 18.8 Å². The number of benzene rings is 1. The molecule has 1 aliphatic heterocycles. The van der Waals surface area contributed by atoms with Crippen molar-refractivity contribution in [2.45, 2.75) is 26.2 Å². The van der Waals surface area contributed by atoms with E-state index in [0.717, 1.165) is 30.6 Å². The number of hydrogen-bond acceptors (Lipinski definition) is 4. The Labute approximate surface area is 123 Å². The van der Waals surface area contributed by atoms with Gasteiger partial charge in [-0.2, -0.15) is 4.98 Å². The molecule has 0 unspecified atom stereocenters. The van der Waals surface area contributed by atoms with E-state index >= 15 is 0 Å². The summed E-state index contributed by atoms with van der Waals surface area (Å²) in [5.74, 6) is 0.0312. The molecule has 21 heavy (non-hydrogen) atoms. The molecule has 1 aromatic carbocycles. The fourth-order valence-electron chi connectivity index (χ4n) is 2.50.